The Balaban J connectivity index is 1.49. The van der Waals surface area contributed by atoms with Crippen molar-refractivity contribution < 1.29 is 14.3 Å². The summed E-state index contributed by atoms with van der Waals surface area (Å²) in [6.07, 6.45) is 1.65. The summed E-state index contributed by atoms with van der Waals surface area (Å²) in [7, 11) is 3.43. The number of nitrogens with zero attached hydrogens (tertiary/aromatic N) is 2. The van der Waals surface area contributed by atoms with E-state index in [0.29, 0.717) is 39.3 Å². The van der Waals surface area contributed by atoms with Crippen LogP contribution < -0.4 is 15.4 Å². The molecule has 1 heterocycles. The second-order valence-corrected chi connectivity index (χ2v) is 7.97. The number of carbonyl (C=O) groups is 1. The highest BCUT2D eigenvalue weighted by molar-refractivity contribution is 5.79. The van der Waals surface area contributed by atoms with Gasteiger partial charge in [0.1, 0.15) is 12.4 Å². The third kappa shape index (κ3) is 6.99. The van der Waals surface area contributed by atoms with Gasteiger partial charge in [-0.1, -0.05) is 36.4 Å². The average molecular weight is 439 g/mol. The number of amides is 1. The van der Waals surface area contributed by atoms with Crippen LogP contribution in [0.15, 0.2) is 47.5 Å². The molecule has 7 nitrogen and oxygen atoms in total. The number of nitrogens with one attached hydrogen (secondary N) is 2. The van der Waals surface area contributed by atoms with Gasteiger partial charge in [0, 0.05) is 52.3 Å². The van der Waals surface area contributed by atoms with E-state index in [-0.39, 0.29) is 5.91 Å². The molecular formula is C25H34N4O3. The third-order valence-corrected chi connectivity index (χ3v) is 5.47. The first-order chi connectivity index (χ1) is 15.6. The first kappa shape index (κ1) is 23.6. The fourth-order valence-electron chi connectivity index (χ4n) is 3.62. The molecule has 0 saturated carbocycles. The zero-order valence-corrected chi connectivity index (χ0v) is 19.3. The SMILES string of the molecule is CN=C(NCc1ccc(CN2CCCC2=O)cc1)NCc1ccc(C)cc1OCCOC. The highest BCUT2D eigenvalue weighted by atomic mass is 16.5. The Morgan fingerprint density at radius 2 is 1.81 bits per heavy atom. The van der Waals surface area contributed by atoms with Crippen molar-refractivity contribution in [2.24, 2.45) is 4.99 Å². The van der Waals surface area contributed by atoms with Crippen LogP contribution in [0.4, 0.5) is 0 Å². The number of methoxy groups -OCH3 is 1. The van der Waals surface area contributed by atoms with E-state index in [1.807, 2.05) is 11.0 Å². The Bertz CT molecular complexity index is 912. The Morgan fingerprint density at radius 3 is 2.50 bits per heavy atom. The van der Waals surface area contributed by atoms with Gasteiger partial charge >= 0.3 is 0 Å². The summed E-state index contributed by atoms with van der Waals surface area (Å²) in [5.74, 6) is 1.84. The first-order valence-electron chi connectivity index (χ1n) is 11.1. The largest absolute Gasteiger partial charge is 0.491 e. The summed E-state index contributed by atoms with van der Waals surface area (Å²) in [6.45, 7) is 5.94. The summed E-state index contributed by atoms with van der Waals surface area (Å²) >= 11 is 0. The molecule has 1 aliphatic rings. The predicted molar refractivity (Wildman–Crippen MR) is 127 cm³/mol. The molecule has 0 aromatic heterocycles. The maximum atomic E-state index is 11.8. The van der Waals surface area contributed by atoms with Gasteiger partial charge in [0.25, 0.3) is 0 Å². The number of benzene rings is 2. The van der Waals surface area contributed by atoms with Crippen molar-refractivity contribution in [2.45, 2.75) is 39.4 Å². The Morgan fingerprint density at radius 1 is 1.06 bits per heavy atom. The molecule has 2 aromatic rings. The van der Waals surface area contributed by atoms with E-state index in [1.54, 1.807) is 14.2 Å². The van der Waals surface area contributed by atoms with E-state index in [1.165, 1.54) is 0 Å². The molecule has 172 valence electrons. The second kappa shape index (κ2) is 12.1. The normalized spacial score (nSPS) is 14.0. The molecule has 1 saturated heterocycles. The maximum absolute atomic E-state index is 11.8. The Hall–Kier alpha value is -3.06. The van der Waals surface area contributed by atoms with Gasteiger partial charge in [-0.15, -0.1) is 0 Å². The number of likely N-dealkylation sites (tertiary alicyclic amines) is 1. The minimum absolute atomic E-state index is 0.256. The van der Waals surface area contributed by atoms with Crippen LogP contribution in [0.2, 0.25) is 0 Å². The van der Waals surface area contributed by atoms with Crippen LogP contribution in [-0.2, 0) is 29.2 Å². The average Bonchev–Trinajstić information content (AvgIpc) is 3.20. The smallest absolute Gasteiger partial charge is 0.222 e. The van der Waals surface area contributed by atoms with Gasteiger partial charge in [-0.25, -0.2) is 0 Å². The number of aliphatic imine (C=N–C) groups is 1. The molecule has 1 amide bonds. The van der Waals surface area contributed by atoms with Crippen LogP contribution in [0, 0.1) is 6.92 Å². The number of hydrogen-bond acceptors (Lipinski definition) is 4. The van der Waals surface area contributed by atoms with Crippen LogP contribution in [0.1, 0.15) is 35.1 Å². The van der Waals surface area contributed by atoms with Crippen LogP contribution in [0.25, 0.3) is 0 Å². The van der Waals surface area contributed by atoms with Crippen LogP contribution in [-0.4, -0.2) is 50.7 Å². The number of carbonyl (C=O) groups excluding carboxylic acids is 1. The number of aryl methyl sites for hydroxylation is 1. The number of rotatable bonds is 10. The highest BCUT2D eigenvalue weighted by Crippen LogP contribution is 2.20. The van der Waals surface area contributed by atoms with E-state index in [9.17, 15) is 4.79 Å². The van der Waals surface area contributed by atoms with Crippen molar-refractivity contribution in [3.05, 3.63) is 64.7 Å². The van der Waals surface area contributed by atoms with Crippen LogP contribution in [0.5, 0.6) is 5.75 Å². The number of ether oxygens (including phenoxy) is 2. The standard InChI is InChI=1S/C25H34N4O3/c1-19-6-11-22(23(15-19)32-14-13-31-3)17-28-25(26-2)27-16-20-7-9-21(10-8-20)18-29-12-4-5-24(29)30/h6-11,15H,4-5,12-14,16-18H2,1-3H3,(H2,26,27,28). The lowest BCUT2D eigenvalue weighted by molar-refractivity contribution is -0.128. The van der Waals surface area contributed by atoms with E-state index in [2.05, 4.69) is 58.9 Å². The minimum atomic E-state index is 0.256. The fourth-order valence-corrected chi connectivity index (χ4v) is 3.62. The van der Waals surface area contributed by atoms with Gasteiger partial charge in [0.05, 0.1) is 6.61 Å². The van der Waals surface area contributed by atoms with E-state index in [4.69, 9.17) is 9.47 Å². The minimum Gasteiger partial charge on any atom is -0.491 e. The molecule has 7 heteroatoms. The first-order valence-corrected chi connectivity index (χ1v) is 11.1. The third-order valence-electron chi connectivity index (χ3n) is 5.47. The lowest BCUT2D eigenvalue weighted by Gasteiger charge is -2.16. The molecule has 0 aliphatic carbocycles. The highest BCUT2D eigenvalue weighted by Gasteiger charge is 2.19. The van der Waals surface area contributed by atoms with Gasteiger partial charge in [-0.3, -0.25) is 9.79 Å². The topological polar surface area (TPSA) is 75.2 Å². The molecule has 0 bridgehead atoms. The molecule has 0 radical (unpaired) electrons. The molecular weight excluding hydrogens is 404 g/mol. The van der Waals surface area contributed by atoms with Gasteiger partial charge < -0.3 is 25.0 Å². The van der Waals surface area contributed by atoms with Crippen LogP contribution in [0.3, 0.4) is 0 Å². The van der Waals surface area contributed by atoms with E-state index >= 15 is 0 Å². The van der Waals surface area contributed by atoms with E-state index in [0.717, 1.165) is 46.9 Å². The molecule has 0 spiro atoms. The van der Waals surface area contributed by atoms with E-state index < -0.39 is 0 Å². The molecule has 1 aliphatic heterocycles. The summed E-state index contributed by atoms with van der Waals surface area (Å²) in [5, 5.41) is 6.71. The van der Waals surface area contributed by atoms with Gasteiger partial charge in [-0.2, -0.15) is 0 Å². The summed E-state index contributed by atoms with van der Waals surface area (Å²) in [4.78, 5) is 18.1. The Kier molecular flexibility index (Phi) is 8.92. The lowest BCUT2D eigenvalue weighted by Crippen LogP contribution is -2.36. The summed E-state index contributed by atoms with van der Waals surface area (Å²) in [6, 6.07) is 14.6. The molecule has 0 atom stereocenters. The summed E-state index contributed by atoms with van der Waals surface area (Å²) in [5.41, 5.74) is 4.53. The van der Waals surface area contributed by atoms with Crippen molar-refractivity contribution in [3.63, 3.8) is 0 Å². The Labute approximate surface area is 190 Å². The van der Waals surface area contributed by atoms with Gasteiger partial charge in [0.2, 0.25) is 5.91 Å². The van der Waals surface area contributed by atoms with Crippen LogP contribution >= 0.6 is 0 Å². The molecule has 2 aromatic carbocycles. The van der Waals surface area contributed by atoms with Gasteiger partial charge in [-0.05, 0) is 36.1 Å². The van der Waals surface area contributed by atoms with Crippen molar-refractivity contribution in [1.82, 2.24) is 15.5 Å². The molecule has 0 unspecified atom stereocenters. The lowest BCUT2D eigenvalue weighted by atomic mass is 10.1. The molecule has 32 heavy (non-hydrogen) atoms. The molecule has 1 fully saturated rings. The zero-order valence-electron chi connectivity index (χ0n) is 19.3. The van der Waals surface area contributed by atoms with Crippen molar-refractivity contribution in [1.29, 1.82) is 0 Å². The van der Waals surface area contributed by atoms with Crippen molar-refractivity contribution in [2.75, 3.05) is 33.9 Å². The predicted octanol–water partition coefficient (Wildman–Crippen LogP) is 3.01. The van der Waals surface area contributed by atoms with Crippen molar-refractivity contribution in [3.8, 4) is 5.75 Å². The van der Waals surface area contributed by atoms with Crippen molar-refractivity contribution >= 4 is 11.9 Å². The summed E-state index contributed by atoms with van der Waals surface area (Å²) < 4.78 is 11.0. The second-order valence-electron chi connectivity index (χ2n) is 7.97. The maximum Gasteiger partial charge on any atom is 0.222 e. The fraction of sp³-hybridized carbons (Fsp3) is 0.440. The monoisotopic (exact) mass is 438 g/mol. The number of guanidine groups is 1. The number of hydrogen-bond donors (Lipinski definition) is 2. The molecule has 2 N–H and O–H groups in total. The zero-order chi connectivity index (χ0) is 22.8. The molecule has 3 rings (SSSR count). The quantitative estimate of drug-likeness (QED) is 0.339. The van der Waals surface area contributed by atoms with Gasteiger partial charge in [0.15, 0.2) is 5.96 Å².